The molecule has 30 heavy (non-hydrogen) atoms. The molecule has 0 aromatic carbocycles. The zero-order chi connectivity index (χ0) is 21.1. The number of nitrogens with one attached hydrogen (secondary N) is 1. The van der Waals surface area contributed by atoms with E-state index in [0.717, 1.165) is 44.9 Å². The number of aryl methyl sites for hydroxylation is 1. The van der Waals surface area contributed by atoms with Gasteiger partial charge in [0.15, 0.2) is 0 Å². The summed E-state index contributed by atoms with van der Waals surface area (Å²) in [4.78, 5) is 21.8. The zero-order valence-electron chi connectivity index (χ0n) is 16.7. The summed E-state index contributed by atoms with van der Waals surface area (Å²) >= 11 is 0. The average Bonchev–Trinajstić information content (AvgIpc) is 3.23. The number of H-pyrrole nitrogens is 1. The van der Waals surface area contributed by atoms with Crippen molar-refractivity contribution < 1.29 is 0 Å². The molecule has 0 saturated carbocycles. The lowest BCUT2D eigenvalue weighted by atomic mass is 10.1. The Bertz CT molecular complexity index is 1300. The standard InChI is InChI=1S/C22H20N8/c1-13-5-4-6-19(27-13)22-16(11-26-30-22)17-7-8-18-20(29-17)9-15(10-25-18)14(2)28-21(23)12-24-3/h4-12H,3,23H2,1-2H3,(H,26,30)/b21-12-,28-14+. The zero-order valence-corrected chi connectivity index (χ0v) is 16.7. The van der Waals surface area contributed by atoms with Crippen molar-refractivity contribution in [1.29, 1.82) is 0 Å². The van der Waals surface area contributed by atoms with Crippen LogP contribution in [0.1, 0.15) is 18.2 Å². The van der Waals surface area contributed by atoms with E-state index in [-0.39, 0.29) is 5.82 Å². The van der Waals surface area contributed by atoms with E-state index in [1.54, 1.807) is 6.20 Å². The number of aliphatic imine (C=N–C) groups is 2. The Kier molecular flexibility index (Phi) is 5.13. The molecule has 0 radical (unpaired) electrons. The molecule has 4 aromatic rings. The Labute approximate surface area is 173 Å². The molecule has 4 aromatic heterocycles. The van der Waals surface area contributed by atoms with Crippen LogP contribution in [-0.2, 0) is 0 Å². The van der Waals surface area contributed by atoms with Crippen molar-refractivity contribution in [2.24, 2.45) is 15.7 Å². The van der Waals surface area contributed by atoms with Gasteiger partial charge in [-0.1, -0.05) is 6.07 Å². The summed E-state index contributed by atoms with van der Waals surface area (Å²) < 4.78 is 0. The summed E-state index contributed by atoms with van der Waals surface area (Å²) in [6.45, 7) is 7.19. The molecular weight excluding hydrogens is 376 g/mol. The average molecular weight is 396 g/mol. The van der Waals surface area contributed by atoms with Crippen LogP contribution in [-0.4, -0.2) is 37.6 Å². The van der Waals surface area contributed by atoms with Crippen LogP contribution in [0, 0.1) is 6.92 Å². The monoisotopic (exact) mass is 396 g/mol. The highest BCUT2D eigenvalue weighted by atomic mass is 15.1. The maximum atomic E-state index is 5.79. The summed E-state index contributed by atoms with van der Waals surface area (Å²) in [6.07, 6.45) is 4.97. The number of hydrogen-bond donors (Lipinski definition) is 2. The smallest absolute Gasteiger partial charge is 0.142 e. The molecule has 0 amide bonds. The molecule has 0 saturated heterocycles. The van der Waals surface area contributed by atoms with Crippen molar-refractivity contribution in [1.82, 2.24) is 25.1 Å². The van der Waals surface area contributed by atoms with Gasteiger partial charge in [-0.15, -0.1) is 0 Å². The number of aromatic amines is 1. The van der Waals surface area contributed by atoms with Gasteiger partial charge in [0, 0.05) is 34.9 Å². The van der Waals surface area contributed by atoms with Crippen LogP contribution in [0.5, 0.6) is 0 Å². The molecule has 4 rings (SSSR count). The maximum Gasteiger partial charge on any atom is 0.142 e. The Hall–Kier alpha value is -4.20. The van der Waals surface area contributed by atoms with E-state index in [1.165, 1.54) is 6.20 Å². The van der Waals surface area contributed by atoms with Crippen LogP contribution < -0.4 is 5.73 Å². The van der Waals surface area contributed by atoms with Crippen LogP contribution >= 0.6 is 0 Å². The molecule has 0 aliphatic carbocycles. The van der Waals surface area contributed by atoms with Crippen LogP contribution in [0.2, 0.25) is 0 Å². The molecule has 0 spiro atoms. The predicted octanol–water partition coefficient (Wildman–Crippen LogP) is 3.66. The number of hydrogen-bond acceptors (Lipinski definition) is 7. The van der Waals surface area contributed by atoms with Crippen molar-refractivity contribution in [3.63, 3.8) is 0 Å². The number of nitrogens with zero attached hydrogens (tertiary/aromatic N) is 6. The highest BCUT2D eigenvalue weighted by Crippen LogP contribution is 2.29. The van der Waals surface area contributed by atoms with Gasteiger partial charge in [-0.3, -0.25) is 20.1 Å². The summed E-state index contributed by atoms with van der Waals surface area (Å²) in [5.41, 5.74) is 13.0. The molecule has 148 valence electrons. The summed E-state index contributed by atoms with van der Waals surface area (Å²) in [5.74, 6) is 0.276. The first-order valence-electron chi connectivity index (χ1n) is 9.27. The van der Waals surface area contributed by atoms with E-state index in [1.807, 2.05) is 56.4 Å². The van der Waals surface area contributed by atoms with Gasteiger partial charge in [0.1, 0.15) is 11.5 Å². The third-order valence-electron chi connectivity index (χ3n) is 4.52. The number of fused-ring (bicyclic) bond motifs is 1. The fourth-order valence-corrected chi connectivity index (χ4v) is 3.09. The minimum Gasteiger partial charge on any atom is -0.382 e. The maximum absolute atomic E-state index is 5.79. The third kappa shape index (κ3) is 3.83. The summed E-state index contributed by atoms with van der Waals surface area (Å²) in [7, 11) is 0. The van der Waals surface area contributed by atoms with E-state index >= 15 is 0 Å². The minimum atomic E-state index is 0.276. The van der Waals surface area contributed by atoms with Crippen LogP contribution in [0.4, 0.5) is 0 Å². The van der Waals surface area contributed by atoms with Crippen LogP contribution in [0.3, 0.4) is 0 Å². The Balaban J connectivity index is 1.77. The second-order valence-corrected chi connectivity index (χ2v) is 6.70. The number of nitrogens with two attached hydrogens (primary N) is 1. The van der Waals surface area contributed by atoms with Gasteiger partial charge in [-0.25, -0.2) is 9.98 Å². The lowest BCUT2D eigenvalue weighted by molar-refractivity contribution is 1.08. The second kappa shape index (κ2) is 8.04. The molecule has 0 aliphatic rings. The molecular formula is C22H20N8. The van der Waals surface area contributed by atoms with Gasteiger partial charge in [-0.2, -0.15) is 5.10 Å². The first-order valence-corrected chi connectivity index (χ1v) is 9.27. The molecule has 0 aliphatic heterocycles. The topological polar surface area (TPSA) is 118 Å². The van der Waals surface area contributed by atoms with Gasteiger partial charge < -0.3 is 5.73 Å². The van der Waals surface area contributed by atoms with E-state index < -0.39 is 0 Å². The molecule has 0 fully saturated rings. The van der Waals surface area contributed by atoms with E-state index in [9.17, 15) is 0 Å². The molecule has 0 bridgehead atoms. The molecule has 8 nitrogen and oxygen atoms in total. The van der Waals surface area contributed by atoms with Gasteiger partial charge >= 0.3 is 0 Å². The lowest BCUT2D eigenvalue weighted by Gasteiger charge is -2.06. The Morgan fingerprint density at radius 1 is 1.13 bits per heavy atom. The van der Waals surface area contributed by atoms with Gasteiger partial charge in [0.25, 0.3) is 0 Å². The highest BCUT2D eigenvalue weighted by Gasteiger charge is 2.14. The first kappa shape index (κ1) is 19.1. The lowest BCUT2D eigenvalue weighted by Crippen LogP contribution is -2.02. The number of aromatic nitrogens is 5. The van der Waals surface area contributed by atoms with E-state index in [0.29, 0.717) is 5.71 Å². The fourth-order valence-electron chi connectivity index (χ4n) is 3.09. The molecule has 0 atom stereocenters. The van der Waals surface area contributed by atoms with Crippen molar-refractivity contribution in [2.45, 2.75) is 13.8 Å². The minimum absolute atomic E-state index is 0.276. The van der Waals surface area contributed by atoms with Gasteiger partial charge in [0.05, 0.1) is 28.6 Å². The molecule has 4 heterocycles. The molecule has 0 unspecified atom stereocenters. The number of pyridine rings is 3. The van der Waals surface area contributed by atoms with Crippen molar-refractivity contribution in [3.05, 3.63) is 72.1 Å². The third-order valence-corrected chi connectivity index (χ3v) is 4.52. The quantitative estimate of drug-likeness (QED) is 0.499. The van der Waals surface area contributed by atoms with Gasteiger partial charge in [0.2, 0.25) is 0 Å². The molecule has 8 heteroatoms. The van der Waals surface area contributed by atoms with E-state index in [2.05, 4.69) is 36.9 Å². The van der Waals surface area contributed by atoms with Crippen LogP contribution in [0.25, 0.3) is 33.7 Å². The van der Waals surface area contributed by atoms with Crippen molar-refractivity contribution >= 4 is 23.5 Å². The number of rotatable bonds is 5. The highest BCUT2D eigenvalue weighted by molar-refractivity contribution is 6.01. The first-order chi connectivity index (χ1) is 14.5. The van der Waals surface area contributed by atoms with Crippen molar-refractivity contribution in [3.8, 4) is 22.6 Å². The van der Waals surface area contributed by atoms with E-state index in [4.69, 9.17) is 10.7 Å². The fraction of sp³-hybridized carbons (Fsp3) is 0.0909. The normalized spacial score (nSPS) is 12.3. The largest absolute Gasteiger partial charge is 0.382 e. The summed E-state index contributed by atoms with van der Waals surface area (Å²) in [5, 5.41) is 7.31. The Morgan fingerprint density at radius 2 is 2.00 bits per heavy atom. The Morgan fingerprint density at radius 3 is 2.80 bits per heavy atom. The second-order valence-electron chi connectivity index (χ2n) is 6.70. The predicted molar refractivity (Wildman–Crippen MR) is 119 cm³/mol. The van der Waals surface area contributed by atoms with Gasteiger partial charge in [-0.05, 0) is 50.9 Å². The molecule has 3 N–H and O–H groups in total. The van der Waals surface area contributed by atoms with Crippen molar-refractivity contribution in [2.75, 3.05) is 0 Å². The SMILES string of the molecule is C=N/C=C(N)\N=C(/C)c1cnc2ccc(-c3c[nH]nc3-c3cccc(C)n3)nc2c1. The summed E-state index contributed by atoms with van der Waals surface area (Å²) in [6, 6.07) is 11.6. The van der Waals surface area contributed by atoms with Crippen LogP contribution in [0.15, 0.2) is 70.8 Å².